The highest BCUT2D eigenvalue weighted by molar-refractivity contribution is 14.1. The molecule has 2 aromatic carbocycles. The van der Waals surface area contributed by atoms with Crippen LogP contribution < -0.4 is 10.1 Å². The average Bonchev–Trinajstić information content (AvgIpc) is 3.26. The number of carbonyl (C=O) groups is 3. The summed E-state index contributed by atoms with van der Waals surface area (Å²) in [5.41, 5.74) is 1.43. The number of urea groups is 1. The molecule has 2 aromatic rings. The van der Waals surface area contributed by atoms with Gasteiger partial charge in [-0.3, -0.25) is 19.8 Å². The molecule has 31 heavy (non-hydrogen) atoms. The number of amides is 4. The van der Waals surface area contributed by atoms with Crippen LogP contribution in [0.5, 0.6) is 5.75 Å². The Bertz CT molecular complexity index is 1060. The van der Waals surface area contributed by atoms with Crippen LogP contribution in [0.1, 0.15) is 36.8 Å². The van der Waals surface area contributed by atoms with Crippen molar-refractivity contribution < 1.29 is 23.5 Å². The molecule has 0 spiro atoms. The Morgan fingerprint density at radius 1 is 1.10 bits per heavy atom. The van der Waals surface area contributed by atoms with Gasteiger partial charge in [-0.2, -0.15) is 0 Å². The third-order valence-corrected chi connectivity index (χ3v) is 6.24. The molecule has 1 N–H and O–H groups in total. The molecule has 1 aliphatic carbocycles. The van der Waals surface area contributed by atoms with Crippen molar-refractivity contribution in [3.63, 3.8) is 0 Å². The van der Waals surface area contributed by atoms with E-state index >= 15 is 0 Å². The maximum atomic E-state index is 13.0. The van der Waals surface area contributed by atoms with Gasteiger partial charge in [0, 0.05) is 6.04 Å². The van der Waals surface area contributed by atoms with E-state index in [4.69, 9.17) is 4.74 Å². The third-order valence-electron chi connectivity index (χ3n) is 5.40. The van der Waals surface area contributed by atoms with Crippen LogP contribution in [0.2, 0.25) is 0 Å². The summed E-state index contributed by atoms with van der Waals surface area (Å²) in [5.74, 6) is -0.900. The van der Waals surface area contributed by atoms with E-state index in [0.29, 0.717) is 11.3 Å². The van der Waals surface area contributed by atoms with Gasteiger partial charge in [0.2, 0.25) is 0 Å². The van der Waals surface area contributed by atoms with Crippen molar-refractivity contribution >= 4 is 46.5 Å². The predicted octanol–water partition coefficient (Wildman–Crippen LogP) is 4.41. The molecule has 1 saturated carbocycles. The number of imide groups is 2. The second kappa shape index (κ2) is 9.17. The number of barbiturate groups is 1. The van der Waals surface area contributed by atoms with Crippen LogP contribution >= 0.6 is 22.6 Å². The Hall–Kier alpha value is -2.75. The summed E-state index contributed by atoms with van der Waals surface area (Å²) in [4.78, 5) is 38.6. The van der Waals surface area contributed by atoms with E-state index in [1.165, 1.54) is 23.1 Å². The first-order chi connectivity index (χ1) is 14.9. The normalized spacial score (nSPS) is 18.6. The van der Waals surface area contributed by atoms with E-state index in [1.54, 1.807) is 30.3 Å². The minimum Gasteiger partial charge on any atom is -0.488 e. The Morgan fingerprint density at radius 3 is 2.48 bits per heavy atom. The van der Waals surface area contributed by atoms with Crippen molar-refractivity contribution in [1.29, 1.82) is 0 Å². The second-order valence-electron chi connectivity index (χ2n) is 7.54. The summed E-state index contributed by atoms with van der Waals surface area (Å²) in [6.07, 6.45) is 4.95. The van der Waals surface area contributed by atoms with Gasteiger partial charge in [-0.15, -0.1) is 0 Å². The van der Waals surface area contributed by atoms with Crippen molar-refractivity contribution in [1.82, 2.24) is 10.2 Å². The standard InChI is InChI=1S/C23H20FIN2O4/c24-16-8-5-14(6-9-16)13-31-20-10-7-15(12-19(20)25)11-18-21(28)26-23(30)27(22(18)29)17-3-1-2-4-17/h5-12,17H,1-4,13H2,(H,26,28,30)/b18-11+. The summed E-state index contributed by atoms with van der Waals surface area (Å²) in [7, 11) is 0. The fourth-order valence-corrected chi connectivity index (χ4v) is 4.49. The van der Waals surface area contributed by atoms with E-state index in [2.05, 4.69) is 27.9 Å². The average molecular weight is 534 g/mol. The molecular formula is C23H20FIN2O4. The third kappa shape index (κ3) is 4.79. The van der Waals surface area contributed by atoms with Crippen molar-refractivity contribution in [2.24, 2.45) is 0 Å². The number of rotatable bonds is 5. The largest absolute Gasteiger partial charge is 0.488 e. The second-order valence-corrected chi connectivity index (χ2v) is 8.70. The highest BCUT2D eigenvalue weighted by Gasteiger charge is 2.40. The van der Waals surface area contributed by atoms with E-state index in [1.807, 2.05) is 0 Å². The molecule has 0 unspecified atom stereocenters. The first-order valence-electron chi connectivity index (χ1n) is 10.00. The van der Waals surface area contributed by atoms with Gasteiger partial charge in [-0.1, -0.05) is 31.0 Å². The number of halogens is 2. The van der Waals surface area contributed by atoms with E-state index in [0.717, 1.165) is 34.8 Å². The van der Waals surface area contributed by atoms with Gasteiger partial charge in [0.15, 0.2) is 0 Å². The van der Waals surface area contributed by atoms with E-state index in [-0.39, 0.29) is 24.0 Å². The topological polar surface area (TPSA) is 75.7 Å². The van der Waals surface area contributed by atoms with Crippen LogP contribution in [-0.2, 0) is 16.2 Å². The molecule has 2 fully saturated rings. The van der Waals surface area contributed by atoms with Gasteiger partial charge in [0.25, 0.3) is 11.8 Å². The van der Waals surface area contributed by atoms with Gasteiger partial charge in [0.05, 0.1) is 3.57 Å². The Labute approximate surface area is 192 Å². The molecule has 8 heteroatoms. The SMILES string of the molecule is O=C1NC(=O)N(C2CCCC2)C(=O)/C1=C/c1ccc(OCc2ccc(F)cc2)c(I)c1. The first kappa shape index (κ1) is 21.5. The molecule has 4 amide bonds. The van der Waals surface area contributed by atoms with E-state index in [9.17, 15) is 18.8 Å². The van der Waals surface area contributed by atoms with Crippen LogP contribution in [0.15, 0.2) is 48.0 Å². The van der Waals surface area contributed by atoms with Crippen molar-refractivity contribution in [2.75, 3.05) is 0 Å². The number of benzene rings is 2. The van der Waals surface area contributed by atoms with Gasteiger partial charge < -0.3 is 4.74 Å². The minimum atomic E-state index is -0.684. The highest BCUT2D eigenvalue weighted by Crippen LogP contribution is 2.28. The lowest BCUT2D eigenvalue weighted by Gasteiger charge is -2.31. The molecule has 6 nitrogen and oxygen atoms in total. The quantitative estimate of drug-likeness (QED) is 0.351. The summed E-state index contributed by atoms with van der Waals surface area (Å²) >= 11 is 2.11. The number of ether oxygens (including phenoxy) is 1. The number of nitrogens with zero attached hydrogens (tertiary/aromatic N) is 1. The van der Waals surface area contributed by atoms with Crippen LogP contribution in [0.25, 0.3) is 6.08 Å². The zero-order valence-electron chi connectivity index (χ0n) is 16.6. The molecule has 160 valence electrons. The lowest BCUT2D eigenvalue weighted by atomic mass is 10.1. The fraction of sp³-hybridized carbons (Fsp3) is 0.261. The number of hydrogen-bond acceptors (Lipinski definition) is 4. The number of hydrogen-bond donors (Lipinski definition) is 1. The van der Waals surface area contributed by atoms with Gasteiger partial charge in [0.1, 0.15) is 23.7 Å². The maximum absolute atomic E-state index is 13.0. The monoisotopic (exact) mass is 534 g/mol. The van der Waals surface area contributed by atoms with Crippen LogP contribution in [-0.4, -0.2) is 28.8 Å². The summed E-state index contributed by atoms with van der Waals surface area (Å²) < 4.78 is 19.6. The summed E-state index contributed by atoms with van der Waals surface area (Å²) in [6.45, 7) is 0.288. The summed E-state index contributed by atoms with van der Waals surface area (Å²) in [5, 5.41) is 2.28. The smallest absolute Gasteiger partial charge is 0.331 e. The van der Waals surface area contributed by atoms with Crippen molar-refractivity contribution in [3.8, 4) is 5.75 Å². The van der Waals surface area contributed by atoms with Gasteiger partial charge >= 0.3 is 6.03 Å². The van der Waals surface area contributed by atoms with Crippen molar-refractivity contribution in [2.45, 2.75) is 38.3 Å². The van der Waals surface area contributed by atoms with Crippen LogP contribution in [0, 0.1) is 9.39 Å². The molecular weight excluding hydrogens is 514 g/mol. The molecule has 0 radical (unpaired) electrons. The maximum Gasteiger partial charge on any atom is 0.331 e. The highest BCUT2D eigenvalue weighted by atomic mass is 127. The Morgan fingerprint density at radius 2 is 1.81 bits per heavy atom. The van der Waals surface area contributed by atoms with E-state index < -0.39 is 17.8 Å². The number of carbonyl (C=O) groups excluding carboxylic acids is 3. The molecule has 1 saturated heterocycles. The Kier molecular flexibility index (Phi) is 6.35. The molecule has 1 aliphatic heterocycles. The predicted molar refractivity (Wildman–Crippen MR) is 121 cm³/mol. The minimum absolute atomic E-state index is 0.0534. The molecule has 1 heterocycles. The molecule has 0 bridgehead atoms. The van der Waals surface area contributed by atoms with Gasteiger partial charge in [-0.25, -0.2) is 9.18 Å². The van der Waals surface area contributed by atoms with Gasteiger partial charge in [-0.05, 0) is 76.9 Å². The zero-order valence-corrected chi connectivity index (χ0v) is 18.7. The summed E-state index contributed by atoms with van der Waals surface area (Å²) in [6, 6.07) is 10.6. The molecule has 0 atom stereocenters. The van der Waals surface area contributed by atoms with Crippen LogP contribution in [0.3, 0.4) is 0 Å². The lowest BCUT2D eigenvalue weighted by molar-refractivity contribution is -0.131. The molecule has 2 aliphatic rings. The molecule has 4 rings (SSSR count). The molecule has 0 aromatic heterocycles. The lowest BCUT2D eigenvalue weighted by Crippen LogP contribution is -2.57. The zero-order chi connectivity index (χ0) is 22.0. The number of nitrogens with one attached hydrogen (secondary N) is 1. The van der Waals surface area contributed by atoms with Crippen molar-refractivity contribution in [3.05, 3.63) is 68.6 Å². The Balaban J connectivity index is 1.51. The first-order valence-corrected chi connectivity index (χ1v) is 11.1. The van der Waals surface area contributed by atoms with Crippen LogP contribution in [0.4, 0.5) is 9.18 Å². The fourth-order valence-electron chi connectivity index (χ4n) is 3.80.